The standard InChI is InChI=1S/C26H33N3O5S/c1-17(2)28-22-13-19(23(30)15-26(5)9-11-35(32,33)12-10-26)16-27-24(22)29(25(28)31)20-7-6-8-21(14-20)34-18(3)4/h6-8,13-14,16-18H,9-12,15H2,1-5H3. The van der Waals surface area contributed by atoms with Crippen LogP contribution in [0.5, 0.6) is 5.75 Å². The Hall–Kier alpha value is -2.94. The minimum absolute atomic E-state index is 0.00296. The number of aromatic nitrogens is 3. The van der Waals surface area contributed by atoms with Crippen molar-refractivity contribution in [1.29, 1.82) is 0 Å². The van der Waals surface area contributed by atoms with E-state index in [-0.39, 0.29) is 47.0 Å². The van der Waals surface area contributed by atoms with Crippen LogP contribution in [0.3, 0.4) is 0 Å². The van der Waals surface area contributed by atoms with E-state index in [0.717, 1.165) is 0 Å². The molecule has 1 saturated heterocycles. The summed E-state index contributed by atoms with van der Waals surface area (Å²) in [6.07, 6.45) is 2.70. The van der Waals surface area contributed by atoms with Gasteiger partial charge in [-0.2, -0.15) is 0 Å². The van der Waals surface area contributed by atoms with Crippen molar-refractivity contribution in [2.75, 3.05) is 11.5 Å². The number of ketones is 1. The van der Waals surface area contributed by atoms with Crippen molar-refractivity contribution in [2.24, 2.45) is 5.41 Å². The van der Waals surface area contributed by atoms with Crippen LogP contribution in [0.1, 0.15) is 70.3 Å². The highest BCUT2D eigenvalue weighted by Crippen LogP contribution is 2.36. The first-order valence-electron chi connectivity index (χ1n) is 12.0. The number of pyridine rings is 1. The number of rotatable bonds is 7. The molecule has 0 unspecified atom stereocenters. The lowest BCUT2D eigenvalue weighted by Gasteiger charge is -2.32. The third kappa shape index (κ3) is 5.19. The molecule has 0 N–H and O–H groups in total. The molecule has 1 aromatic carbocycles. The summed E-state index contributed by atoms with van der Waals surface area (Å²) in [5.41, 5.74) is 1.52. The number of carbonyl (C=O) groups is 1. The fourth-order valence-electron chi connectivity index (χ4n) is 4.65. The summed E-state index contributed by atoms with van der Waals surface area (Å²) in [5.74, 6) is 0.792. The quantitative estimate of drug-likeness (QED) is 0.448. The minimum atomic E-state index is -3.01. The van der Waals surface area contributed by atoms with Gasteiger partial charge in [-0.3, -0.25) is 9.36 Å². The number of fused-ring (bicyclic) bond motifs is 1. The SMILES string of the molecule is CC(C)Oc1cccc(-n2c(=O)n(C(C)C)c3cc(C(=O)CC4(C)CCS(=O)(=O)CC4)cnc32)c1. The largest absolute Gasteiger partial charge is 0.491 e. The van der Waals surface area contributed by atoms with E-state index in [1.165, 1.54) is 6.20 Å². The summed E-state index contributed by atoms with van der Waals surface area (Å²) in [6, 6.07) is 8.91. The van der Waals surface area contributed by atoms with E-state index in [4.69, 9.17) is 4.74 Å². The second-order valence-corrected chi connectivity index (χ2v) is 12.7. The van der Waals surface area contributed by atoms with Crippen LogP contribution in [0.25, 0.3) is 16.9 Å². The molecule has 0 amide bonds. The van der Waals surface area contributed by atoms with Crippen molar-refractivity contribution < 1.29 is 17.9 Å². The van der Waals surface area contributed by atoms with Crippen LogP contribution in [-0.2, 0) is 9.84 Å². The van der Waals surface area contributed by atoms with Gasteiger partial charge in [0.1, 0.15) is 15.6 Å². The van der Waals surface area contributed by atoms with Crippen LogP contribution < -0.4 is 10.4 Å². The van der Waals surface area contributed by atoms with Crippen LogP contribution in [0.4, 0.5) is 0 Å². The van der Waals surface area contributed by atoms with Gasteiger partial charge < -0.3 is 4.74 Å². The number of imidazole rings is 1. The molecule has 35 heavy (non-hydrogen) atoms. The summed E-state index contributed by atoms with van der Waals surface area (Å²) in [7, 11) is -3.01. The summed E-state index contributed by atoms with van der Waals surface area (Å²) >= 11 is 0. The molecular formula is C26H33N3O5S. The van der Waals surface area contributed by atoms with Gasteiger partial charge in [-0.1, -0.05) is 13.0 Å². The Morgan fingerprint density at radius 2 is 1.83 bits per heavy atom. The van der Waals surface area contributed by atoms with Gasteiger partial charge in [0.2, 0.25) is 0 Å². The lowest BCUT2D eigenvalue weighted by Crippen LogP contribution is -2.33. The molecule has 9 heteroatoms. The lowest BCUT2D eigenvalue weighted by atomic mass is 9.78. The fourth-order valence-corrected chi connectivity index (χ4v) is 6.46. The van der Waals surface area contributed by atoms with E-state index >= 15 is 0 Å². The highest BCUT2D eigenvalue weighted by molar-refractivity contribution is 7.91. The van der Waals surface area contributed by atoms with Crippen LogP contribution in [-0.4, -0.2) is 45.9 Å². The number of ether oxygens (including phenoxy) is 1. The first-order valence-corrected chi connectivity index (χ1v) is 13.8. The maximum Gasteiger partial charge on any atom is 0.335 e. The first-order chi connectivity index (χ1) is 16.4. The number of hydrogen-bond donors (Lipinski definition) is 0. The molecule has 0 spiro atoms. The maximum atomic E-state index is 13.5. The number of nitrogens with zero attached hydrogens (tertiary/aromatic N) is 3. The second-order valence-electron chi connectivity index (χ2n) is 10.4. The molecule has 0 aliphatic carbocycles. The van der Waals surface area contributed by atoms with Gasteiger partial charge in [0.15, 0.2) is 11.4 Å². The van der Waals surface area contributed by atoms with E-state index in [1.54, 1.807) is 15.2 Å². The van der Waals surface area contributed by atoms with Crippen molar-refractivity contribution in [3.63, 3.8) is 0 Å². The number of hydrogen-bond acceptors (Lipinski definition) is 6. The molecule has 1 fully saturated rings. The topological polar surface area (TPSA) is 100 Å². The summed E-state index contributed by atoms with van der Waals surface area (Å²) in [5, 5.41) is 0. The van der Waals surface area contributed by atoms with Gasteiger partial charge in [0.25, 0.3) is 0 Å². The second kappa shape index (κ2) is 9.26. The number of Topliss-reactive ketones (excluding diaryl/α,β-unsaturated/α-hetero) is 1. The van der Waals surface area contributed by atoms with Crippen LogP contribution in [0.2, 0.25) is 0 Å². The third-order valence-corrected chi connectivity index (χ3v) is 8.27. The summed E-state index contributed by atoms with van der Waals surface area (Å²) < 4.78 is 32.6. The normalized spacial score (nSPS) is 17.2. The Kier molecular flexibility index (Phi) is 6.66. The highest BCUT2D eigenvalue weighted by Gasteiger charge is 2.35. The van der Waals surface area contributed by atoms with Gasteiger partial charge in [-0.05, 0) is 64.2 Å². The van der Waals surface area contributed by atoms with E-state index < -0.39 is 9.84 Å². The molecule has 2 aromatic heterocycles. The van der Waals surface area contributed by atoms with Crippen molar-refractivity contribution in [1.82, 2.24) is 14.1 Å². The van der Waals surface area contributed by atoms with E-state index in [1.807, 2.05) is 58.9 Å². The Balaban J connectivity index is 1.74. The molecule has 3 heterocycles. The Labute approximate surface area is 205 Å². The van der Waals surface area contributed by atoms with E-state index in [2.05, 4.69) is 4.98 Å². The van der Waals surface area contributed by atoms with E-state index in [9.17, 15) is 18.0 Å². The molecule has 1 aliphatic rings. The molecular weight excluding hydrogens is 466 g/mol. The summed E-state index contributed by atoms with van der Waals surface area (Å²) in [4.78, 5) is 31.2. The summed E-state index contributed by atoms with van der Waals surface area (Å²) in [6.45, 7) is 9.69. The molecule has 0 saturated carbocycles. The molecule has 0 bridgehead atoms. The van der Waals surface area contributed by atoms with Gasteiger partial charge in [0.05, 0.1) is 28.8 Å². The van der Waals surface area contributed by atoms with Crippen LogP contribution >= 0.6 is 0 Å². The highest BCUT2D eigenvalue weighted by atomic mass is 32.2. The van der Waals surface area contributed by atoms with Gasteiger partial charge in [0, 0.05) is 30.3 Å². The van der Waals surface area contributed by atoms with Gasteiger partial charge in [-0.15, -0.1) is 0 Å². The zero-order valence-electron chi connectivity index (χ0n) is 20.9. The number of sulfone groups is 1. The number of benzene rings is 1. The van der Waals surface area contributed by atoms with Crippen LogP contribution in [0, 0.1) is 5.41 Å². The average Bonchev–Trinajstić information content (AvgIpc) is 3.07. The third-order valence-electron chi connectivity index (χ3n) is 6.62. The first kappa shape index (κ1) is 25.2. The Morgan fingerprint density at radius 1 is 1.14 bits per heavy atom. The van der Waals surface area contributed by atoms with Gasteiger partial charge in [-0.25, -0.2) is 22.8 Å². The smallest absolute Gasteiger partial charge is 0.335 e. The molecule has 1 aliphatic heterocycles. The maximum absolute atomic E-state index is 13.5. The lowest BCUT2D eigenvalue weighted by molar-refractivity contribution is 0.0911. The van der Waals surface area contributed by atoms with Crippen molar-refractivity contribution >= 4 is 26.8 Å². The molecule has 0 atom stereocenters. The van der Waals surface area contributed by atoms with Crippen molar-refractivity contribution in [3.05, 3.63) is 52.6 Å². The Bertz CT molecular complexity index is 1420. The molecule has 4 rings (SSSR count). The predicted octanol–water partition coefficient (Wildman–Crippen LogP) is 4.34. The Morgan fingerprint density at radius 3 is 2.46 bits per heavy atom. The molecule has 0 radical (unpaired) electrons. The molecule has 188 valence electrons. The number of carbonyl (C=O) groups excluding carboxylic acids is 1. The predicted molar refractivity (Wildman–Crippen MR) is 136 cm³/mol. The minimum Gasteiger partial charge on any atom is -0.491 e. The zero-order chi connectivity index (χ0) is 25.5. The molecule has 8 nitrogen and oxygen atoms in total. The zero-order valence-corrected chi connectivity index (χ0v) is 21.8. The molecule has 3 aromatic rings. The van der Waals surface area contributed by atoms with Crippen molar-refractivity contribution in [3.8, 4) is 11.4 Å². The average molecular weight is 500 g/mol. The van der Waals surface area contributed by atoms with Crippen LogP contribution in [0.15, 0.2) is 41.3 Å². The van der Waals surface area contributed by atoms with E-state index in [0.29, 0.717) is 41.0 Å². The fraction of sp³-hybridized carbons (Fsp3) is 0.500. The van der Waals surface area contributed by atoms with Crippen molar-refractivity contribution in [2.45, 2.75) is 66.0 Å². The monoisotopic (exact) mass is 499 g/mol. The van der Waals surface area contributed by atoms with Gasteiger partial charge >= 0.3 is 5.69 Å².